The number of benzene rings is 2. The molecule has 0 unspecified atom stereocenters. The normalized spacial score (nSPS) is 13.3. The molecule has 0 spiro atoms. The van der Waals surface area contributed by atoms with Crippen LogP contribution in [-0.4, -0.2) is 124 Å². The molecule has 1 aliphatic rings. The fraction of sp³-hybridized carbons (Fsp3) is 0.406. The van der Waals surface area contributed by atoms with Crippen LogP contribution in [0.25, 0.3) is 10.9 Å². The molecule has 250 valence electrons. The molecule has 1 fully saturated rings. The number of methoxy groups -OCH3 is 1. The number of carbonyl (C=O) groups excluding carboxylic acids is 1. The van der Waals surface area contributed by atoms with E-state index >= 15 is 0 Å². The van der Waals surface area contributed by atoms with Crippen molar-refractivity contribution < 1.29 is 47.9 Å². The summed E-state index contributed by atoms with van der Waals surface area (Å²) >= 11 is 0. The number of hydrogen-bond acceptors (Lipinski definition) is 9. The molecule has 0 bridgehead atoms. The zero-order valence-corrected chi connectivity index (χ0v) is 25.8. The van der Waals surface area contributed by atoms with Crippen LogP contribution in [0.15, 0.2) is 60.7 Å². The van der Waals surface area contributed by atoms with Gasteiger partial charge in [-0.15, -0.1) is 0 Å². The predicted octanol–water partition coefficient (Wildman–Crippen LogP) is 2.82. The summed E-state index contributed by atoms with van der Waals surface area (Å²) in [6, 6.07) is 15.6. The fourth-order valence-corrected chi connectivity index (χ4v) is 4.53. The molecule has 2 heterocycles. The average molecular weight is 645 g/mol. The van der Waals surface area contributed by atoms with Crippen molar-refractivity contribution in [3.8, 4) is 11.5 Å². The van der Waals surface area contributed by atoms with Crippen LogP contribution in [0.5, 0.6) is 11.5 Å². The maximum absolute atomic E-state index is 12.6. The molecule has 1 aliphatic heterocycles. The minimum absolute atomic E-state index is 0.0951. The van der Waals surface area contributed by atoms with Gasteiger partial charge in [0.05, 0.1) is 39.2 Å². The number of carboxylic acids is 2. The van der Waals surface area contributed by atoms with Crippen LogP contribution < -0.4 is 19.7 Å². The van der Waals surface area contributed by atoms with E-state index in [-0.39, 0.29) is 12.5 Å². The number of para-hydroxylation sites is 2. The number of aliphatic carboxylic acids is 2. The number of H-pyrrole nitrogens is 1. The lowest BCUT2D eigenvalue weighted by atomic mass is 10.2. The van der Waals surface area contributed by atoms with Crippen LogP contribution >= 0.6 is 0 Å². The number of aromatic amines is 1. The Labute approximate surface area is 266 Å². The van der Waals surface area contributed by atoms with Gasteiger partial charge in [0.25, 0.3) is 5.91 Å². The number of halogens is 1. The van der Waals surface area contributed by atoms with E-state index in [0.29, 0.717) is 44.4 Å². The molecule has 0 saturated carbocycles. The summed E-state index contributed by atoms with van der Waals surface area (Å²) < 4.78 is 33.6. The predicted molar refractivity (Wildman–Crippen MR) is 170 cm³/mol. The molecule has 0 radical (unpaired) electrons. The highest BCUT2D eigenvalue weighted by atomic mass is 19.1. The second-order valence-electron chi connectivity index (χ2n) is 9.95. The van der Waals surface area contributed by atoms with Gasteiger partial charge >= 0.3 is 11.9 Å². The third-order valence-electron chi connectivity index (χ3n) is 6.82. The fourth-order valence-electron chi connectivity index (χ4n) is 4.53. The molecular formula is C32H41FN4O9. The van der Waals surface area contributed by atoms with Gasteiger partial charge in [-0.2, -0.15) is 0 Å². The Bertz CT molecular complexity index is 1410. The SMILES string of the molecule is COc1ccccc1N1CCN(C/C=C/CNC(=O)c2cc3cc(OCCOCCOCCF)ccc3[nH]2)CC1.O=C(O)C(=O)O. The van der Waals surface area contributed by atoms with Gasteiger partial charge in [0, 0.05) is 50.2 Å². The van der Waals surface area contributed by atoms with Gasteiger partial charge in [-0.3, -0.25) is 9.69 Å². The van der Waals surface area contributed by atoms with Gasteiger partial charge in [-0.1, -0.05) is 24.3 Å². The number of rotatable bonds is 16. The first-order chi connectivity index (χ1) is 22.3. The van der Waals surface area contributed by atoms with Crippen molar-refractivity contribution in [1.82, 2.24) is 15.2 Å². The Morgan fingerprint density at radius 1 is 0.913 bits per heavy atom. The van der Waals surface area contributed by atoms with E-state index in [4.69, 9.17) is 38.7 Å². The molecule has 1 saturated heterocycles. The van der Waals surface area contributed by atoms with Crippen molar-refractivity contribution in [3.05, 3.63) is 66.4 Å². The van der Waals surface area contributed by atoms with Gasteiger partial charge in [-0.05, 0) is 36.4 Å². The van der Waals surface area contributed by atoms with Crippen molar-refractivity contribution in [2.24, 2.45) is 0 Å². The summed E-state index contributed by atoms with van der Waals surface area (Å²) in [7, 11) is 1.71. The van der Waals surface area contributed by atoms with Crippen LogP contribution in [0.1, 0.15) is 10.5 Å². The number of alkyl halides is 1. The smallest absolute Gasteiger partial charge is 0.414 e. The number of piperazine rings is 1. The summed E-state index contributed by atoms with van der Waals surface area (Å²) in [5.74, 6) is -2.20. The summed E-state index contributed by atoms with van der Waals surface area (Å²) in [5.41, 5.74) is 2.51. The Morgan fingerprint density at radius 2 is 1.61 bits per heavy atom. The Kier molecular flexibility index (Phi) is 15.3. The number of carbonyl (C=O) groups is 3. The quantitative estimate of drug-likeness (QED) is 0.103. The molecule has 1 aromatic heterocycles. The van der Waals surface area contributed by atoms with Crippen molar-refractivity contribution in [3.63, 3.8) is 0 Å². The molecule has 4 rings (SSSR count). The summed E-state index contributed by atoms with van der Waals surface area (Å²) in [6.45, 7) is 6.31. The van der Waals surface area contributed by atoms with E-state index in [1.165, 1.54) is 0 Å². The molecule has 46 heavy (non-hydrogen) atoms. The van der Waals surface area contributed by atoms with Crippen LogP contribution in [0.2, 0.25) is 0 Å². The number of anilines is 1. The molecule has 4 N–H and O–H groups in total. The van der Waals surface area contributed by atoms with Crippen LogP contribution in [0.4, 0.5) is 10.1 Å². The van der Waals surface area contributed by atoms with E-state index in [9.17, 15) is 9.18 Å². The third kappa shape index (κ3) is 12.0. The van der Waals surface area contributed by atoms with E-state index in [1.54, 1.807) is 7.11 Å². The van der Waals surface area contributed by atoms with Crippen molar-refractivity contribution in [2.75, 3.05) is 91.0 Å². The van der Waals surface area contributed by atoms with Gasteiger partial charge in [0.2, 0.25) is 0 Å². The molecule has 13 nitrogen and oxygen atoms in total. The van der Waals surface area contributed by atoms with E-state index in [2.05, 4.69) is 32.2 Å². The van der Waals surface area contributed by atoms with Crippen molar-refractivity contribution in [2.45, 2.75) is 0 Å². The first kappa shape index (κ1) is 35.8. The molecule has 0 aliphatic carbocycles. The first-order valence-electron chi connectivity index (χ1n) is 14.8. The molecule has 14 heteroatoms. The van der Waals surface area contributed by atoms with E-state index in [1.807, 2.05) is 48.5 Å². The molecule has 3 aromatic rings. The number of aromatic nitrogens is 1. The highest BCUT2D eigenvalue weighted by molar-refractivity contribution is 6.27. The standard InChI is InChI=1S/C30H39FN4O5.C2H2O4/c1-37-29-7-3-2-6-28(29)35-15-13-34(14-16-35)12-5-4-11-32-30(36)27-23-24-22-25(8-9-26(24)33-27)40-21-20-39-19-18-38-17-10-31;3-1(4)2(5)6/h2-9,22-23,33H,10-21H2,1H3,(H,32,36);(H,3,4)(H,5,6)/b5-4+;. The number of fused-ring (bicyclic) bond motifs is 1. The van der Waals surface area contributed by atoms with Gasteiger partial charge in [0.15, 0.2) is 0 Å². The molecule has 0 atom stereocenters. The van der Waals surface area contributed by atoms with E-state index < -0.39 is 18.6 Å². The lowest BCUT2D eigenvalue weighted by Crippen LogP contribution is -2.46. The molecule has 2 aromatic carbocycles. The minimum Gasteiger partial charge on any atom is -0.495 e. The lowest BCUT2D eigenvalue weighted by molar-refractivity contribution is -0.159. The Morgan fingerprint density at radius 3 is 2.30 bits per heavy atom. The third-order valence-corrected chi connectivity index (χ3v) is 6.82. The monoisotopic (exact) mass is 644 g/mol. The number of carboxylic acid groups (broad SMARTS) is 2. The maximum atomic E-state index is 12.6. The van der Waals surface area contributed by atoms with Crippen molar-refractivity contribution in [1.29, 1.82) is 0 Å². The topological polar surface area (TPSA) is 163 Å². The molecule has 1 amide bonds. The average Bonchev–Trinajstić information content (AvgIpc) is 3.50. The van der Waals surface area contributed by atoms with Crippen LogP contribution in [-0.2, 0) is 19.1 Å². The highest BCUT2D eigenvalue weighted by Crippen LogP contribution is 2.28. The zero-order chi connectivity index (χ0) is 33.1. The number of ether oxygens (including phenoxy) is 4. The van der Waals surface area contributed by atoms with Crippen LogP contribution in [0.3, 0.4) is 0 Å². The van der Waals surface area contributed by atoms with Gasteiger partial charge in [-0.25, -0.2) is 14.0 Å². The number of nitrogens with zero attached hydrogens (tertiary/aromatic N) is 2. The highest BCUT2D eigenvalue weighted by Gasteiger charge is 2.18. The second-order valence-corrected chi connectivity index (χ2v) is 9.95. The summed E-state index contributed by atoms with van der Waals surface area (Å²) in [4.78, 5) is 38.8. The lowest BCUT2D eigenvalue weighted by Gasteiger charge is -2.36. The largest absolute Gasteiger partial charge is 0.495 e. The summed E-state index contributed by atoms with van der Waals surface area (Å²) in [5, 5.41) is 18.6. The Hall–Kier alpha value is -4.66. The minimum atomic E-state index is -1.82. The Balaban J connectivity index is 0.000000875. The number of hydrogen-bond donors (Lipinski definition) is 4. The van der Waals surface area contributed by atoms with E-state index in [0.717, 1.165) is 55.1 Å². The zero-order valence-electron chi connectivity index (χ0n) is 25.8. The first-order valence-corrected chi connectivity index (χ1v) is 14.8. The number of amides is 1. The maximum Gasteiger partial charge on any atom is 0.414 e. The van der Waals surface area contributed by atoms with Gasteiger partial charge in [0.1, 0.15) is 30.5 Å². The van der Waals surface area contributed by atoms with Crippen LogP contribution in [0, 0.1) is 0 Å². The summed E-state index contributed by atoms with van der Waals surface area (Å²) in [6.07, 6.45) is 4.10. The van der Waals surface area contributed by atoms with Gasteiger partial charge < -0.3 is 44.4 Å². The molecular weight excluding hydrogens is 603 g/mol. The van der Waals surface area contributed by atoms with Crippen molar-refractivity contribution >= 4 is 34.4 Å². The number of nitrogens with one attached hydrogen (secondary N) is 2. The second kappa shape index (κ2) is 19.7.